The normalized spacial score (nSPS) is 19.8. The molecule has 0 spiro atoms. The van der Waals surface area contributed by atoms with Gasteiger partial charge < -0.3 is 14.8 Å². The lowest BCUT2D eigenvalue weighted by Gasteiger charge is -2.12. The summed E-state index contributed by atoms with van der Waals surface area (Å²) in [6.07, 6.45) is 1.15. The van der Waals surface area contributed by atoms with Gasteiger partial charge in [0.25, 0.3) is 0 Å². The maximum absolute atomic E-state index is 5.34. The van der Waals surface area contributed by atoms with E-state index in [2.05, 4.69) is 27.3 Å². The zero-order valence-corrected chi connectivity index (χ0v) is 10.9. The standard InChI is InChI=1S/C12H16BrNO2/c1-15-12-5-10(13)4-11(6-12)14-7-9-2-3-16-8-9/h4-6,9,14H,2-3,7-8H2,1H3. The minimum Gasteiger partial charge on any atom is -0.497 e. The van der Waals surface area contributed by atoms with Crippen LogP contribution in [0.25, 0.3) is 0 Å². The van der Waals surface area contributed by atoms with Gasteiger partial charge in [-0.15, -0.1) is 0 Å². The number of nitrogens with one attached hydrogen (secondary N) is 1. The SMILES string of the molecule is COc1cc(Br)cc(NCC2CCOC2)c1. The van der Waals surface area contributed by atoms with Gasteiger partial charge >= 0.3 is 0 Å². The van der Waals surface area contributed by atoms with E-state index in [4.69, 9.17) is 9.47 Å². The fourth-order valence-electron chi connectivity index (χ4n) is 1.79. The largest absolute Gasteiger partial charge is 0.497 e. The summed E-state index contributed by atoms with van der Waals surface area (Å²) in [7, 11) is 1.68. The first kappa shape index (κ1) is 11.7. The minimum atomic E-state index is 0.630. The molecule has 0 saturated carbocycles. The molecule has 1 aromatic rings. The second-order valence-electron chi connectivity index (χ2n) is 3.99. The number of halogens is 1. The molecule has 3 nitrogen and oxygen atoms in total. The maximum atomic E-state index is 5.34. The van der Waals surface area contributed by atoms with E-state index in [0.717, 1.165) is 42.1 Å². The van der Waals surface area contributed by atoms with Crippen molar-refractivity contribution in [2.24, 2.45) is 5.92 Å². The average Bonchev–Trinajstić information content (AvgIpc) is 2.78. The highest BCUT2D eigenvalue weighted by atomic mass is 79.9. The number of hydrogen-bond acceptors (Lipinski definition) is 3. The van der Waals surface area contributed by atoms with Crippen LogP contribution in [0.15, 0.2) is 22.7 Å². The lowest BCUT2D eigenvalue weighted by atomic mass is 10.1. The second kappa shape index (κ2) is 5.55. The summed E-state index contributed by atoms with van der Waals surface area (Å²) in [6.45, 7) is 2.73. The van der Waals surface area contributed by atoms with E-state index in [1.807, 2.05) is 12.1 Å². The zero-order chi connectivity index (χ0) is 11.4. The van der Waals surface area contributed by atoms with E-state index in [1.54, 1.807) is 7.11 Å². The Balaban J connectivity index is 1.94. The van der Waals surface area contributed by atoms with Crippen LogP contribution in [0.4, 0.5) is 5.69 Å². The third-order valence-corrected chi connectivity index (χ3v) is 3.18. The summed E-state index contributed by atoms with van der Waals surface area (Å²) in [5.41, 5.74) is 1.08. The van der Waals surface area contributed by atoms with Crippen LogP contribution in [0.1, 0.15) is 6.42 Å². The molecule has 0 amide bonds. The molecule has 1 aromatic carbocycles. The molecule has 1 saturated heterocycles. The molecule has 0 radical (unpaired) electrons. The Labute approximate surface area is 104 Å². The van der Waals surface area contributed by atoms with Crippen molar-refractivity contribution in [3.63, 3.8) is 0 Å². The predicted octanol–water partition coefficient (Wildman–Crippen LogP) is 2.91. The molecule has 0 bridgehead atoms. The highest BCUT2D eigenvalue weighted by Gasteiger charge is 2.15. The monoisotopic (exact) mass is 285 g/mol. The van der Waals surface area contributed by atoms with Crippen molar-refractivity contribution >= 4 is 21.6 Å². The Morgan fingerprint density at radius 2 is 2.38 bits per heavy atom. The summed E-state index contributed by atoms with van der Waals surface area (Å²) in [5, 5.41) is 3.41. The fraction of sp³-hybridized carbons (Fsp3) is 0.500. The topological polar surface area (TPSA) is 30.5 Å². The first-order valence-electron chi connectivity index (χ1n) is 5.44. The van der Waals surface area contributed by atoms with Crippen LogP contribution in [-0.4, -0.2) is 26.9 Å². The van der Waals surface area contributed by atoms with Crippen LogP contribution >= 0.6 is 15.9 Å². The van der Waals surface area contributed by atoms with Crippen LogP contribution in [0.3, 0.4) is 0 Å². The van der Waals surface area contributed by atoms with Crippen molar-refractivity contribution in [1.29, 1.82) is 0 Å². The molecule has 0 aliphatic carbocycles. The van der Waals surface area contributed by atoms with Crippen molar-refractivity contribution in [3.05, 3.63) is 22.7 Å². The van der Waals surface area contributed by atoms with Gasteiger partial charge in [0.2, 0.25) is 0 Å². The lowest BCUT2D eigenvalue weighted by Crippen LogP contribution is -2.14. The van der Waals surface area contributed by atoms with E-state index < -0.39 is 0 Å². The van der Waals surface area contributed by atoms with Crippen LogP contribution < -0.4 is 10.1 Å². The fourth-order valence-corrected chi connectivity index (χ4v) is 2.26. The number of ether oxygens (including phenoxy) is 2. The molecule has 4 heteroatoms. The molecule has 1 unspecified atom stereocenters. The van der Waals surface area contributed by atoms with Gasteiger partial charge in [-0.05, 0) is 18.6 Å². The summed E-state index contributed by atoms with van der Waals surface area (Å²) in [5.74, 6) is 1.49. The van der Waals surface area contributed by atoms with Gasteiger partial charge in [-0.2, -0.15) is 0 Å². The quantitative estimate of drug-likeness (QED) is 0.923. The van der Waals surface area contributed by atoms with E-state index >= 15 is 0 Å². The highest BCUT2D eigenvalue weighted by molar-refractivity contribution is 9.10. The molecule has 1 atom stereocenters. The Morgan fingerprint density at radius 1 is 1.50 bits per heavy atom. The summed E-state index contributed by atoms with van der Waals surface area (Å²) in [6, 6.07) is 6.00. The Hall–Kier alpha value is -0.740. The van der Waals surface area contributed by atoms with Crippen LogP contribution in [0.5, 0.6) is 5.75 Å². The van der Waals surface area contributed by atoms with Crippen molar-refractivity contribution in [3.8, 4) is 5.75 Å². The molecule has 88 valence electrons. The van der Waals surface area contributed by atoms with Crippen molar-refractivity contribution in [1.82, 2.24) is 0 Å². The van der Waals surface area contributed by atoms with E-state index in [1.165, 1.54) is 0 Å². The summed E-state index contributed by atoms with van der Waals surface area (Å²) in [4.78, 5) is 0. The first-order valence-corrected chi connectivity index (χ1v) is 6.23. The van der Waals surface area contributed by atoms with Crippen molar-refractivity contribution < 1.29 is 9.47 Å². The zero-order valence-electron chi connectivity index (χ0n) is 9.33. The average molecular weight is 286 g/mol. The third kappa shape index (κ3) is 3.12. The van der Waals surface area contributed by atoms with Gasteiger partial charge in [0.1, 0.15) is 5.75 Å². The van der Waals surface area contributed by atoms with Gasteiger partial charge in [-0.25, -0.2) is 0 Å². The molecule has 1 aliphatic rings. The number of anilines is 1. The number of benzene rings is 1. The van der Waals surface area contributed by atoms with Crippen LogP contribution in [-0.2, 0) is 4.74 Å². The molecular formula is C12H16BrNO2. The van der Waals surface area contributed by atoms with Gasteiger partial charge in [0.05, 0.1) is 13.7 Å². The number of rotatable bonds is 4. The predicted molar refractivity (Wildman–Crippen MR) is 68.1 cm³/mol. The minimum absolute atomic E-state index is 0.630. The Kier molecular flexibility index (Phi) is 4.07. The Bertz CT molecular complexity index is 351. The number of hydrogen-bond donors (Lipinski definition) is 1. The highest BCUT2D eigenvalue weighted by Crippen LogP contribution is 2.25. The van der Waals surface area contributed by atoms with Crippen molar-refractivity contribution in [2.75, 3.05) is 32.2 Å². The molecule has 1 heterocycles. The molecule has 2 rings (SSSR count). The Morgan fingerprint density at radius 3 is 3.06 bits per heavy atom. The molecular weight excluding hydrogens is 270 g/mol. The molecule has 1 fully saturated rings. The van der Waals surface area contributed by atoms with Crippen LogP contribution in [0.2, 0.25) is 0 Å². The number of methoxy groups -OCH3 is 1. The molecule has 1 aliphatic heterocycles. The first-order chi connectivity index (χ1) is 7.78. The van der Waals surface area contributed by atoms with E-state index in [-0.39, 0.29) is 0 Å². The van der Waals surface area contributed by atoms with Gasteiger partial charge in [0.15, 0.2) is 0 Å². The molecule has 16 heavy (non-hydrogen) atoms. The van der Waals surface area contributed by atoms with E-state index in [9.17, 15) is 0 Å². The van der Waals surface area contributed by atoms with Gasteiger partial charge in [0, 0.05) is 35.3 Å². The molecule has 0 aromatic heterocycles. The lowest BCUT2D eigenvalue weighted by molar-refractivity contribution is 0.187. The third-order valence-electron chi connectivity index (χ3n) is 2.73. The summed E-state index contributed by atoms with van der Waals surface area (Å²) >= 11 is 3.46. The van der Waals surface area contributed by atoms with Gasteiger partial charge in [-0.3, -0.25) is 0 Å². The summed E-state index contributed by atoms with van der Waals surface area (Å²) < 4.78 is 11.6. The smallest absolute Gasteiger partial charge is 0.122 e. The second-order valence-corrected chi connectivity index (χ2v) is 4.91. The molecule has 1 N–H and O–H groups in total. The van der Waals surface area contributed by atoms with Crippen molar-refractivity contribution in [2.45, 2.75) is 6.42 Å². The van der Waals surface area contributed by atoms with E-state index in [0.29, 0.717) is 5.92 Å². The van der Waals surface area contributed by atoms with Gasteiger partial charge in [-0.1, -0.05) is 15.9 Å². The maximum Gasteiger partial charge on any atom is 0.122 e. The van der Waals surface area contributed by atoms with Crippen LogP contribution in [0, 0.1) is 5.92 Å².